The number of fused-ring (bicyclic) bond motifs is 1. The van der Waals surface area contributed by atoms with E-state index in [0.29, 0.717) is 11.4 Å². The lowest BCUT2D eigenvalue weighted by Crippen LogP contribution is -2.35. The molecule has 1 amide bonds. The van der Waals surface area contributed by atoms with Gasteiger partial charge in [-0.2, -0.15) is 0 Å². The number of aldehydes is 1. The Morgan fingerprint density at radius 2 is 2.05 bits per heavy atom. The van der Waals surface area contributed by atoms with E-state index in [9.17, 15) is 9.59 Å². The Bertz CT molecular complexity index is 699. The van der Waals surface area contributed by atoms with Crippen molar-refractivity contribution in [1.82, 2.24) is 9.88 Å². The number of anilines is 1. The zero-order valence-electron chi connectivity index (χ0n) is 12.0. The van der Waals surface area contributed by atoms with Crippen molar-refractivity contribution in [3.63, 3.8) is 0 Å². The van der Waals surface area contributed by atoms with Crippen LogP contribution in [0.1, 0.15) is 16.8 Å². The fourth-order valence-corrected chi connectivity index (χ4v) is 2.63. The van der Waals surface area contributed by atoms with Gasteiger partial charge >= 0.3 is 0 Å². The van der Waals surface area contributed by atoms with E-state index in [-0.39, 0.29) is 12.5 Å². The molecular formula is C16H17N3O2. The number of amides is 1. The normalized spacial score (nSPS) is 16.1. The van der Waals surface area contributed by atoms with Crippen LogP contribution < -0.4 is 4.90 Å². The van der Waals surface area contributed by atoms with E-state index in [1.165, 1.54) is 0 Å². The fourth-order valence-electron chi connectivity index (χ4n) is 2.63. The Labute approximate surface area is 123 Å². The number of rotatable bonds is 2. The topological polar surface area (TPSA) is 53.5 Å². The quantitative estimate of drug-likeness (QED) is 0.787. The molecule has 5 heteroatoms. The van der Waals surface area contributed by atoms with E-state index >= 15 is 0 Å². The van der Waals surface area contributed by atoms with Gasteiger partial charge in [0.15, 0.2) is 6.29 Å². The Kier molecular flexibility index (Phi) is 3.56. The van der Waals surface area contributed by atoms with Crippen LogP contribution in [-0.4, -0.2) is 48.8 Å². The third kappa shape index (κ3) is 2.59. The summed E-state index contributed by atoms with van der Waals surface area (Å²) in [5.41, 5.74) is 1.37. The number of carbonyl (C=O) groups excluding carboxylic acids is 2. The van der Waals surface area contributed by atoms with Crippen molar-refractivity contribution in [2.75, 3.05) is 31.6 Å². The molecule has 21 heavy (non-hydrogen) atoms. The average Bonchev–Trinajstić information content (AvgIpc) is 2.68. The molecule has 0 radical (unpaired) electrons. The van der Waals surface area contributed by atoms with E-state index in [2.05, 4.69) is 4.98 Å². The van der Waals surface area contributed by atoms with Crippen LogP contribution in [-0.2, 0) is 4.79 Å². The number of hydrogen-bond donors (Lipinski definition) is 0. The first-order valence-electron chi connectivity index (χ1n) is 7.03. The molecule has 0 spiro atoms. The Morgan fingerprint density at radius 3 is 2.86 bits per heavy atom. The molecule has 1 aliphatic rings. The van der Waals surface area contributed by atoms with Gasteiger partial charge in [-0.15, -0.1) is 0 Å². The van der Waals surface area contributed by atoms with Crippen molar-refractivity contribution in [2.24, 2.45) is 0 Å². The minimum absolute atomic E-state index is 0.0549. The van der Waals surface area contributed by atoms with Gasteiger partial charge in [0, 0.05) is 25.5 Å². The average molecular weight is 283 g/mol. The molecule has 0 bridgehead atoms. The maximum absolute atomic E-state index is 12.0. The van der Waals surface area contributed by atoms with Crippen molar-refractivity contribution in [1.29, 1.82) is 0 Å². The van der Waals surface area contributed by atoms with Crippen LogP contribution in [0.15, 0.2) is 30.3 Å². The summed E-state index contributed by atoms with van der Waals surface area (Å²) in [5.74, 6) is 0.659. The summed E-state index contributed by atoms with van der Waals surface area (Å²) >= 11 is 0. The van der Waals surface area contributed by atoms with E-state index < -0.39 is 0 Å². The van der Waals surface area contributed by atoms with Gasteiger partial charge < -0.3 is 9.80 Å². The molecule has 0 aliphatic carbocycles. The molecule has 0 atom stereocenters. The van der Waals surface area contributed by atoms with Crippen LogP contribution in [0.4, 0.5) is 5.82 Å². The van der Waals surface area contributed by atoms with Gasteiger partial charge in [0.1, 0.15) is 5.82 Å². The van der Waals surface area contributed by atoms with Crippen LogP contribution >= 0.6 is 0 Å². The maximum atomic E-state index is 12.0. The lowest BCUT2D eigenvalue weighted by molar-refractivity contribution is -0.127. The van der Waals surface area contributed by atoms with E-state index in [1.54, 1.807) is 11.9 Å². The van der Waals surface area contributed by atoms with Crippen LogP contribution in [0, 0.1) is 0 Å². The second kappa shape index (κ2) is 5.52. The molecule has 0 unspecified atom stereocenters. The Hall–Kier alpha value is -2.43. The zero-order valence-corrected chi connectivity index (χ0v) is 12.0. The van der Waals surface area contributed by atoms with Crippen LogP contribution in [0.2, 0.25) is 0 Å². The molecule has 1 aromatic heterocycles. The van der Waals surface area contributed by atoms with Gasteiger partial charge in [0.2, 0.25) is 5.91 Å². The number of benzene rings is 1. The lowest BCUT2D eigenvalue weighted by Gasteiger charge is -2.22. The summed E-state index contributed by atoms with van der Waals surface area (Å²) in [7, 11) is 1.81. The molecule has 2 aromatic rings. The molecule has 0 N–H and O–H groups in total. The standard InChI is InChI=1S/C16H17N3O2/c1-18-7-4-8-19(10-15(18)21)16-13(11-20)9-12-5-2-3-6-14(12)17-16/h2-3,5-6,9,11H,4,7-8,10H2,1H3. The van der Waals surface area contributed by atoms with Crippen molar-refractivity contribution >= 4 is 28.9 Å². The van der Waals surface area contributed by atoms with Crippen molar-refractivity contribution in [2.45, 2.75) is 6.42 Å². The van der Waals surface area contributed by atoms with Crippen molar-refractivity contribution in [3.05, 3.63) is 35.9 Å². The molecule has 2 heterocycles. The zero-order chi connectivity index (χ0) is 14.8. The maximum Gasteiger partial charge on any atom is 0.241 e. The van der Waals surface area contributed by atoms with E-state index in [1.807, 2.05) is 35.2 Å². The number of hydrogen-bond acceptors (Lipinski definition) is 4. The number of nitrogens with zero attached hydrogens (tertiary/aromatic N) is 3. The van der Waals surface area contributed by atoms with Gasteiger partial charge in [-0.25, -0.2) is 4.98 Å². The summed E-state index contributed by atoms with van der Waals surface area (Å²) in [4.78, 5) is 31.6. The van der Waals surface area contributed by atoms with Gasteiger partial charge in [0.05, 0.1) is 17.6 Å². The largest absolute Gasteiger partial charge is 0.347 e. The molecule has 0 saturated carbocycles. The number of aromatic nitrogens is 1. The number of para-hydroxylation sites is 1. The molecule has 3 rings (SSSR count). The first-order chi connectivity index (χ1) is 10.2. The van der Waals surface area contributed by atoms with E-state index in [0.717, 1.165) is 36.7 Å². The summed E-state index contributed by atoms with van der Waals surface area (Å²) in [6, 6.07) is 9.52. The second-order valence-corrected chi connectivity index (χ2v) is 5.30. The van der Waals surface area contributed by atoms with Crippen molar-refractivity contribution < 1.29 is 9.59 Å². The number of pyridine rings is 1. The minimum atomic E-state index is 0.0549. The highest BCUT2D eigenvalue weighted by molar-refractivity contribution is 5.93. The third-order valence-electron chi connectivity index (χ3n) is 3.83. The number of carbonyl (C=O) groups is 2. The first-order valence-corrected chi connectivity index (χ1v) is 7.03. The molecule has 1 aromatic carbocycles. The Balaban J connectivity index is 2.05. The van der Waals surface area contributed by atoms with Gasteiger partial charge in [0.25, 0.3) is 0 Å². The van der Waals surface area contributed by atoms with Gasteiger partial charge in [-0.05, 0) is 18.6 Å². The first kappa shape index (κ1) is 13.5. The molecule has 1 aliphatic heterocycles. The molecule has 5 nitrogen and oxygen atoms in total. The van der Waals surface area contributed by atoms with Gasteiger partial charge in [-0.3, -0.25) is 9.59 Å². The van der Waals surface area contributed by atoms with E-state index in [4.69, 9.17) is 0 Å². The predicted molar refractivity (Wildman–Crippen MR) is 81.6 cm³/mol. The fraction of sp³-hybridized carbons (Fsp3) is 0.312. The molecule has 108 valence electrons. The molecule has 1 fully saturated rings. The van der Waals surface area contributed by atoms with Crippen LogP contribution in [0.5, 0.6) is 0 Å². The second-order valence-electron chi connectivity index (χ2n) is 5.30. The summed E-state index contributed by atoms with van der Waals surface area (Å²) < 4.78 is 0. The third-order valence-corrected chi connectivity index (χ3v) is 3.83. The molecule has 1 saturated heterocycles. The predicted octanol–water partition coefficient (Wildman–Crippen LogP) is 1.72. The van der Waals surface area contributed by atoms with Gasteiger partial charge in [-0.1, -0.05) is 18.2 Å². The lowest BCUT2D eigenvalue weighted by atomic mass is 10.1. The SMILES string of the molecule is CN1CCCN(c2nc3ccccc3cc2C=O)CC1=O. The monoisotopic (exact) mass is 283 g/mol. The van der Waals surface area contributed by atoms with Crippen molar-refractivity contribution in [3.8, 4) is 0 Å². The smallest absolute Gasteiger partial charge is 0.241 e. The number of likely N-dealkylation sites (N-methyl/N-ethyl adjacent to an activating group) is 1. The highest BCUT2D eigenvalue weighted by Crippen LogP contribution is 2.23. The highest BCUT2D eigenvalue weighted by Gasteiger charge is 2.22. The van der Waals surface area contributed by atoms with Crippen LogP contribution in [0.3, 0.4) is 0 Å². The highest BCUT2D eigenvalue weighted by atomic mass is 16.2. The Morgan fingerprint density at radius 1 is 1.24 bits per heavy atom. The summed E-state index contributed by atoms with van der Waals surface area (Å²) in [5, 5.41) is 0.932. The van der Waals surface area contributed by atoms with Crippen LogP contribution in [0.25, 0.3) is 10.9 Å². The summed E-state index contributed by atoms with van der Waals surface area (Å²) in [6.07, 6.45) is 1.68. The summed E-state index contributed by atoms with van der Waals surface area (Å²) in [6.45, 7) is 1.73. The minimum Gasteiger partial charge on any atom is -0.347 e. The molecular weight excluding hydrogens is 266 g/mol.